The number of hydrogen-bond donors (Lipinski definition) is 2. The number of nitrogens with one attached hydrogen (secondary N) is 2. The van der Waals surface area contributed by atoms with Crippen LogP contribution in [0.15, 0.2) is 29.8 Å². The fraction of sp³-hybridized carbons (Fsp3) is 0.667. The zero-order chi connectivity index (χ0) is 21.5. The molecule has 0 aromatic carbocycles. The molecule has 1 fully saturated rings. The van der Waals surface area contributed by atoms with Gasteiger partial charge in [0.2, 0.25) is 10.0 Å². The van der Waals surface area contributed by atoms with Gasteiger partial charge in [0.15, 0.2) is 0 Å². The fourth-order valence-electron chi connectivity index (χ4n) is 3.38. The molecule has 0 radical (unpaired) electrons. The zero-order valence-electron chi connectivity index (χ0n) is 18.0. The summed E-state index contributed by atoms with van der Waals surface area (Å²) in [6.07, 6.45) is 4.97. The van der Waals surface area contributed by atoms with Crippen LogP contribution in [0.2, 0.25) is 0 Å². The van der Waals surface area contributed by atoms with Gasteiger partial charge in [-0.3, -0.25) is 0 Å². The summed E-state index contributed by atoms with van der Waals surface area (Å²) in [4.78, 5) is 4.51. The van der Waals surface area contributed by atoms with Crippen LogP contribution in [0.25, 0.3) is 0 Å². The Labute approximate surface area is 175 Å². The van der Waals surface area contributed by atoms with E-state index in [4.69, 9.17) is 9.47 Å². The molecule has 0 aliphatic carbocycles. The van der Waals surface area contributed by atoms with E-state index in [1.54, 1.807) is 19.1 Å². The van der Waals surface area contributed by atoms with E-state index in [0.29, 0.717) is 43.6 Å². The van der Waals surface area contributed by atoms with Gasteiger partial charge in [0.25, 0.3) is 0 Å². The third-order valence-electron chi connectivity index (χ3n) is 5.15. The van der Waals surface area contributed by atoms with E-state index >= 15 is 0 Å². The molecule has 2 N–H and O–H groups in total. The SMILES string of the molecule is C=CCC(C)(C)CNS(=O)(=O)c1cnc(NCC(OCC)C2CCOC2)cc1C. The molecule has 29 heavy (non-hydrogen) atoms. The van der Waals surface area contributed by atoms with Gasteiger partial charge in [-0.25, -0.2) is 18.1 Å². The first kappa shape index (κ1) is 23.8. The highest BCUT2D eigenvalue weighted by atomic mass is 32.2. The van der Waals surface area contributed by atoms with Gasteiger partial charge in [0, 0.05) is 38.4 Å². The van der Waals surface area contributed by atoms with E-state index < -0.39 is 10.0 Å². The van der Waals surface area contributed by atoms with Crippen molar-refractivity contribution in [1.82, 2.24) is 9.71 Å². The molecular formula is C21H35N3O4S. The van der Waals surface area contributed by atoms with Crippen LogP contribution >= 0.6 is 0 Å². The van der Waals surface area contributed by atoms with Gasteiger partial charge in [0.1, 0.15) is 10.7 Å². The summed E-state index contributed by atoms with van der Waals surface area (Å²) in [6, 6.07) is 1.76. The highest BCUT2D eigenvalue weighted by Gasteiger charge is 2.27. The van der Waals surface area contributed by atoms with Crippen molar-refractivity contribution in [3.63, 3.8) is 0 Å². The maximum atomic E-state index is 12.7. The summed E-state index contributed by atoms with van der Waals surface area (Å²) in [5.74, 6) is 1.00. The Balaban J connectivity index is 2.02. The van der Waals surface area contributed by atoms with Crippen LogP contribution in [-0.4, -0.2) is 52.4 Å². The lowest BCUT2D eigenvalue weighted by molar-refractivity contribution is 0.0246. The summed E-state index contributed by atoms with van der Waals surface area (Å²) in [5.41, 5.74) is 0.448. The lowest BCUT2D eigenvalue weighted by atomic mass is 9.90. The first-order valence-corrected chi connectivity index (χ1v) is 11.7. The number of aromatic nitrogens is 1. The molecular weight excluding hydrogens is 390 g/mol. The van der Waals surface area contributed by atoms with E-state index in [9.17, 15) is 8.42 Å². The molecule has 0 saturated carbocycles. The maximum Gasteiger partial charge on any atom is 0.242 e. The number of aryl methyl sites for hydroxylation is 1. The second-order valence-corrected chi connectivity index (χ2v) is 10.1. The van der Waals surface area contributed by atoms with Crippen LogP contribution in [0.4, 0.5) is 5.82 Å². The van der Waals surface area contributed by atoms with Crippen molar-refractivity contribution in [2.24, 2.45) is 11.3 Å². The third kappa shape index (κ3) is 7.06. The quantitative estimate of drug-likeness (QED) is 0.500. The van der Waals surface area contributed by atoms with Crippen molar-refractivity contribution in [2.45, 2.75) is 51.5 Å². The smallest absolute Gasteiger partial charge is 0.242 e. The van der Waals surface area contributed by atoms with Gasteiger partial charge in [-0.05, 0) is 43.7 Å². The number of pyridine rings is 1. The topological polar surface area (TPSA) is 89.6 Å². The molecule has 2 atom stereocenters. The summed E-state index contributed by atoms with van der Waals surface area (Å²) >= 11 is 0. The standard InChI is InChI=1S/C21H35N3O4S/c1-6-9-21(4,5)15-24-29(25,26)19-13-23-20(11-16(19)3)22-12-18(28-7-2)17-8-10-27-14-17/h6,11,13,17-18,24H,1,7-10,12,14-15H2,2-5H3,(H,22,23). The maximum absolute atomic E-state index is 12.7. The summed E-state index contributed by atoms with van der Waals surface area (Å²) in [7, 11) is -3.63. The molecule has 2 heterocycles. The van der Waals surface area contributed by atoms with E-state index in [-0.39, 0.29) is 16.4 Å². The van der Waals surface area contributed by atoms with Crippen molar-refractivity contribution in [3.05, 3.63) is 30.5 Å². The Morgan fingerprint density at radius 2 is 2.24 bits per heavy atom. The number of anilines is 1. The largest absolute Gasteiger partial charge is 0.381 e. The number of sulfonamides is 1. The van der Waals surface area contributed by atoms with Crippen LogP contribution in [-0.2, 0) is 19.5 Å². The molecule has 7 nitrogen and oxygen atoms in total. The molecule has 1 aromatic rings. The number of nitrogens with zero attached hydrogens (tertiary/aromatic N) is 1. The van der Waals surface area contributed by atoms with Gasteiger partial charge in [0.05, 0.1) is 12.7 Å². The minimum atomic E-state index is -3.63. The molecule has 1 saturated heterocycles. The molecule has 1 aliphatic heterocycles. The monoisotopic (exact) mass is 425 g/mol. The normalized spacial score (nSPS) is 18.6. The van der Waals surface area contributed by atoms with Crippen molar-refractivity contribution in [2.75, 3.05) is 38.2 Å². The van der Waals surface area contributed by atoms with Crippen LogP contribution in [0.5, 0.6) is 0 Å². The molecule has 0 spiro atoms. The predicted octanol–water partition coefficient (Wildman–Crippen LogP) is 3.12. The summed E-state index contributed by atoms with van der Waals surface area (Å²) in [6.45, 7) is 14.6. The average molecular weight is 426 g/mol. The average Bonchev–Trinajstić information content (AvgIpc) is 3.18. The van der Waals surface area contributed by atoms with Crippen LogP contribution in [0, 0.1) is 18.3 Å². The van der Waals surface area contributed by atoms with Crippen LogP contribution in [0.1, 0.15) is 39.2 Å². The second-order valence-electron chi connectivity index (χ2n) is 8.31. The van der Waals surface area contributed by atoms with Gasteiger partial charge >= 0.3 is 0 Å². The first-order chi connectivity index (χ1) is 13.7. The molecule has 1 aliphatic rings. The van der Waals surface area contributed by atoms with Crippen molar-refractivity contribution in [1.29, 1.82) is 0 Å². The molecule has 2 rings (SSSR count). The van der Waals surface area contributed by atoms with Gasteiger partial charge in [-0.1, -0.05) is 19.9 Å². The van der Waals surface area contributed by atoms with Crippen molar-refractivity contribution >= 4 is 15.8 Å². The molecule has 164 valence electrons. The summed E-state index contributed by atoms with van der Waals surface area (Å²) in [5, 5.41) is 3.28. The highest BCUT2D eigenvalue weighted by Crippen LogP contribution is 2.23. The predicted molar refractivity (Wildman–Crippen MR) is 116 cm³/mol. The van der Waals surface area contributed by atoms with Gasteiger partial charge < -0.3 is 14.8 Å². The van der Waals surface area contributed by atoms with Crippen LogP contribution < -0.4 is 10.0 Å². The van der Waals surface area contributed by atoms with Gasteiger partial charge in [-0.15, -0.1) is 6.58 Å². The zero-order valence-corrected chi connectivity index (χ0v) is 18.8. The Morgan fingerprint density at radius 1 is 1.48 bits per heavy atom. The third-order valence-corrected chi connectivity index (χ3v) is 6.68. The Kier molecular flexibility index (Phi) is 8.63. The molecule has 0 amide bonds. The highest BCUT2D eigenvalue weighted by molar-refractivity contribution is 7.89. The van der Waals surface area contributed by atoms with E-state index in [2.05, 4.69) is 21.6 Å². The Morgan fingerprint density at radius 3 is 2.83 bits per heavy atom. The number of rotatable bonds is 12. The molecule has 2 unspecified atom stereocenters. The van der Waals surface area contributed by atoms with Crippen LogP contribution in [0.3, 0.4) is 0 Å². The molecule has 1 aromatic heterocycles. The fourth-order valence-corrected chi connectivity index (χ4v) is 4.79. The Hall–Kier alpha value is -1.48. The second kappa shape index (κ2) is 10.5. The van der Waals surface area contributed by atoms with Gasteiger partial charge in [-0.2, -0.15) is 0 Å². The minimum Gasteiger partial charge on any atom is -0.381 e. The van der Waals surface area contributed by atoms with Crippen molar-refractivity contribution in [3.8, 4) is 0 Å². The van der Waals surface area contributed by atoms with Crippen molar-refractivity contribution < 1.29 is 17.9 Å². The van der Waals surface area contributed by atoms with E-state index in [1.165, 1.54) is 6.20 Å². The lowest BCUT2D eigenvalue weighted by Crippen LogP contribution is -2.34. The number of hydrogen-bond acceptors (Lipinski definition) is 6. The Bertz CT molecular complexity index is 774. The first-order valence-electron chi connectivity index (χ1n) is 10.2. The molecule has 8 heteroatoms. The molecule has 0 bridgehead atoms. The number of allylic oxidation sites excluding steroid dienone is 1. The summed E-state index contributed by atoms with van der Waals surface area (Å²) < 4.78 is 39.4. The number of ether oxygens (including phenoxy) is 2. The lowest BCUT2D eigenvalue weighted by Gasteiger charge is -2.24. The van der Waals surface area contributed by atoms with E-state index in [1.807, 2.05) is 20.8 Å². The van der Waals surface area contributed by atoms with E-state index in [0.717, 1.165) is 19.4 Å². The minimum absolute atomic E-state index is 0.0433.